The molecule has 0 amide bonds. The van der Waals surface area contributed by atoms with Gasteiger partial charge in [0, 0.05) is 33.4 Å². The molecule has 758 valence electrons. The van der Waals surface area contributed by atoms with E-state index in [-0.39, 0.29) is 37.9 Å². The van der Waals surface area contributed by atoms with Gasteiger partial charge in [-0.15, -0.1) is 0 Å². The number of esters is 6. The lowest BCUT2D eigenvalue weighted by Gasteiger charge is -2.52. The van der Waals surface area contributed by atoms with Crippen LogP contribution in [-0.2, 0) is 123 Å². The summed E-state index contributed by atoms with van der Waals surface area (Å²) in [6.45, 7) is 91.2. The first-order valence-electron chi connectivity index (χ1n) is 47.8. The Labute approximate surface area is 811 Å². The molecule has 0 saturated carbocycles. The molecule has 0 bridgehead atoms. The van der Waals surface area contributed by atoms with Gasteiger partial charge >= 0.3 is 156 Å². The lowest BCUT2D eigenvalue weighted by molar-refractivity contribution is -0.139. The number of hydrogen-bond donors (Lipinski definition) is 0. The number of carbonyl (C=O) groups is 6. The Kier molecular flexibility index (Phi) is 50.1. The third-order valence-corrected chi connectivity index (χ3v) is 102. The first-order valence-corrected chi connectivity index (χ1v) is 96.0. The summed E-state index contributed by atoms with van der Waals surface area (Å²) in [7, 11) is -52.1. The van der Waals surface area contributed by atoms with Crippen molar-refractivity contribution < 1.29 is 123 Å². The molecule has 3 rings (SSSR count). The molecule has 46 heteroatoms. The molecule has 3 heterocycles. The maximum Gasteiger partial charge on any atom is 0.333 e. The Balaban J connectivity index is 1.93. The van der Waals surface area contributed by atoms with Gasteiger partial charge in [-0.2, -0.15) is 0 Å². The van der Waals surface area contributed by atoms with Crippen LogP contribution in [-0.4, -0.2) is 229 Å². The van der Waals surface area contributed by atoms with E-state index in [1.165, 1.54) is 0 Å². The zero-order valence-corrected chi connectivity index (χ0v) is 106. The van der Waals surface area contributed by atoms with Gasteiger partial charge in [-0.3, -0.25) is 0 Å². The first kappa shape index (κ1) is 124. The lowest BCUT2D eigenvalue weighted by Crippen LogP contribution is -2.68. The van der Waals surface area contributed by atoms with Crippen LogP contribution >= 0.6 is 0 Å². The van der Waals surface area contributed by atoms with Crippen molar-refractivity contribution in [1.82, 2.24) is 0 Å². The van der Waals surface area contributed by atoms with E-state index >= 15 is 0 Å². The van der Waals surface area contributed by atoms with Crippen LogP contribution in [0, 0.1) is 0 Å². The highest BCUT2D eigenvalue weighted by atomic mass is 28.5. The van der Waals surface area contributed by atoms with Crippen molar-refractivity contribution >= 4 is 190 Å². The number of carbonyl (C=O) groups excluding carboxylic acids is 6. The number of rotatable bonds is 59. The molecule has 3 aliphatic heterocycles. The van der Waals surface area contributed by atoms with Crippen molar-refractivity contribution in [2.75, 3.05) is 39.6 Å². The highest BCUT2D eigenvalue weighted by molar-refractivity contribution is 6.97. The van der Waals surface area contributed by atoms with Crippen molar-refractivity contribution in [1.29, 1.82) is 0 Å². The third-order valence-electron chi connectivity index (χ3n) is 23.0. The zero-order valence-electron chi connectivity index (χ0n) is 87.4. The van der Waals surface area contributed by atoms with E-state index in [1.54, 1.807) is 41.5 Å². The molecular formula is C85H178O28Si18. The van der Waals surface area contributed by atoms with Gasteiger partial charge in [-0.1, -0.05) is 84.9 Å². The van der Waals surface area contributed by atoms with Gasteiger partial charge in [0.1, 0.15) is 0 Å². The largest absolute Gasteiger partial charge is 0.462 e. The molecule has 0 aromatic carbocycles. The maximum atomic E-state index is 12.6. The summed E-state index contributed by atoms with van der Waals surface area (Å²) in [6, 6.07) is 9.03. The summed E-state index contributed by atoms with van der Waals surface area (Å²) in [4.78, 5) is 74.1. The Hall–Kier alpha value is -1.48. The number of unbranched alkanes of at least 4 members (excludes halogenated alkanes) is 8. The van der Waals surface area contributed by atoms with Gasteiger partial charge in [0.25, 0.3) is 0 Å². The molecule has 3 saturated heterocycles. The highest BCUT2D eigenvalue weighted by Crippen LogP contribution is 2.46. The average molecular weight is 2150 g/mol. The second-order valence-electron chi connectivity index (χ2n) is 42.6. The van der Waals surface area contributed by atoms with Gasteiger partial charge in [-0.05, 0) is 347 Å². The summed E-state index contributed by atoms with van der Waals surface area (Å²) < 4.78 is 153. The first-order chi connectivity index (χ1) is 59.7. The second kappa shape index (κ2) is 53.0. The Morgan fingerprint density at radius 2 is 0.473 bits per heavy atom. The van der Waals surface area contributed by atoms with E-state index < -0.39 is 184 Å². The molecule has 12 atom stereocenters. The van der Waals surface area contributed by atoms with E-state index in [2.05, 4.69) is 210 Å². The fraction of sp³-hybridized carbons (Fsp3) is 0.788. The number of ether oxygens (including phenoxy) is 6. The minimum atomic E-state index is -3.25. The fourth-order valence-corrected chi connectivity index (χ4v) is 122. The summed E-state index contributed by atoms with van der Waals surface area (Å²) in [5.74, 6) is -2.43. The highest BCUT2D eigenvalue weighted by Gasteiger charge is 2.61. The smallest absolute Gasteiger partial charge is 0.333 e. The molecule has 131 heavy (non-hydrogen) atoms. The van der Waals surface area contributed by atoms with E-state index in [9.17, 15) is 28.8 Å². The van der Waals surface area contributed by atoms with Gasteiger partial charge in [0.15, 0.2) is 33.3 Å². The molecular weight excluding hydrogens is 1970 g/mol. The molecule has 0 N–H and O–H groups in total. The van der Waals surface area contributed by atoms with Gasteiger partial charge in [0.2, 0.25) is 0 Å². The molecule has 12 unspecified atom stereocenters. The Morgan fingerprint density at radius 3 is 0.748 bits per heavy atom. The van der Waals surface area contributed by atoms with Crippen LogP contribution in [0.25, 0.3) is 0 Å². The topological polar surface area (TPSA) is 305 Å². The minimum absolute atomic E-state index is 0.0207. The molecule has 0 aromatic rings. The van der Waals surface area contributed by atoms with Gasteiger partial charge in [-0.25, -0.2) is 28.8 Å². The van der Waals surface area contributed by atoms with Crippen LogP contribution in [0.5, 0.6) is 0 Å². The quantitative estimate of drug-likeness (QED) is 0.0180. The van der Waals surface area contributed by atoms with Crippen LogP contribution in [0.4, 0.5) is 0 Å². The van der Waals surface area contributed by atoms with E-state index in [1.807, 2.05) is 0 Å². The third kappa shape index (κ3) is 48.7. The molecule has 0 aromatic heterocycles. The predicted molar refractivity (Wildman–Crippen MR) is 565 cm³/mol. The van der Waals surface area contributed by atoms with Crippen LogP contribution in [0.2, 0.25) is 248 Å². The molecule has 0 aliphatic carbocycles. The monoisotopic (exact) mass is 2150 g/mol. The van der Waals surface area contributed by atoms with E-state index in [0.717, 1.165) is 82.0 Å². The normalized spacial score (nSPS) is 27.4. The van der Waals surface area contributed by atoms with E-state index in [0.29, 0.717) is 140 Å². The standard InChI is InChI=1S/C85H178O28Si18/c1-73(2)80(86)92-54-43-39-48-60-125(32)106-122(29,69-65-115(15,16)100-119(23,24)102-117(19,20)67-71-129(36)105-121(27,28)104-124(31,63-51-47-58-96-84(90)77(9)10)108-126(33,110-129)61-49-40-44-55-93-81(87)74(3)4)98-114(14)99-123(30,107-125)70-66-116(17,18)101-120(25,26)103-118(21,22)68-72-130(37)111-127(34,62-50-41-45-56-94-82(88)75(5)6)109-128(35,64-52-59-97-85(91)78(11)12)112-131(38,113-130)79(13)53-42-46-57-95-83(89)76(7)8/h79,114H,1,3,5,7,9,11,39-72H2,2,4,6,8,10,12-38H3. The molecule has 0 radical (unpaired) electrons. The Morgan fingerprint density at radius 1 is 0.275 bits per heavy atom. The summed E-state index contributed by atoms with van der Waals surface area (Å²) >= 11 is 0. The fourth-order valence-electron chi connectivity index (χ4n) is 17.4. The molecule has 3 aliphatic rings. The minimum Gasteiger partial charge on any atom is -0.462 e. The molecule has 0 spiro atoms. The van der Waals surface area contributed by atoms with Crippen LogP contribution in [0.15, 0.2) is 72.9 Å². The zero-order chi connectivity index (χ0) is 100. The maximum absolute atomic E-state index is 12.6. The summed E-state index contributed by atoms with van der Waals surface area (Å²) in [5, 5.41) is 0. The molecule has 28 nitrogen and oxygen atoms in total. The van der Waals surface area contributed by atoms with Gasteiger partial charge in [0.05, 0.1) is 39.6 Å². The summed E-state index contributed by atoms with van der Waals surface area (Å²) in [5.41, 5.74) is 2.14. The van der Waals surface area contributed by atoms with Crippen molar-refractivity contribution in [2.24, 2.45) is 0 Å². The van der Waals surface area contributed by atoms with Gasteiger partial charge < -0.3 is 94.3 Å². The van der Waals surface area contributed by atoms with Crippen molar-refractivity contribution in [3.8, 4) is 0 Å². The molecule has 3 fully saturated rings. The Bertz CT molecular complexity index is 3810. The SMILES string of the molecule is C=C(C)C(=O)OCCCCC[Si]1(C)O[Si](C)(CC[Si](C)(C)O[Si](C)(C)O[Si](C)(C)CC[Si]2(C)O[Si](C)(C)O[Si](C)(CCCCOC(=O)C(=C)C)O[Si](C)(CCCCCOC(=O)C(=C)C)O2)O[SiH](C)O[Si](C)(CC[Si](C)(C)O[Si](C)(C)O[Si](C)(C)CC[Si]2(C)O[Si](C)(CCCCCOC(=O)C(=C)C)O[Si](C)(CCCOC(=O)C(=C)C)O[Si](C)(C(C)CCCCOC(=O)C(=C)C)O2)O1. The van der Waals surface area contributed by atoms with Crippen molar-refractivity contribution in [2.45, 2.75) is 393 Å². The van der Waals surface area contributed by atoms with Crippen LogP contribution in [0.3, 0.4) is 0 Å². The average Bonchev–Trinajstić information content (AvgIpc) is 0.751. The van der Waals surface area contributed by atoms with Crippen LogP contribution in [0.1, 0.15) is 145 Å². The van der Waals surface area contributed by atoms with Crippen LogP contribution < -0.4 is 0 Å². The number of hydrogen-bond acceptors (Lipinski definition) is 28. The lowest BCUT2D eigenvalue weighted by atomic mass is 10.2. The van der Waals surface area contributed by atoms with Crippen molar-refractivity contribution in [3.63, 3.8) is 0 Å². The van der Waals surface area contributed by atoms with E-state index in [4.69, 9.17) is 94.3 Å². The summed E-state index contributed by atoms with van der Waals surface area (Å²) in [6.07, 6.45) is 10.9. The predicted octanol–water partition coefficient (Wildman–Crippen LogP) is 22.7. The van der Waals surface area contributed by atoms with Crippen molar-refractivity contribution in [3.05, 3.63) is 72.9 Å². The second-order valence-corrected chi connectivity index (χ2v) is 109.